The number of hydrogen-bond donors (Lipinski definition) is 0. The quantitative estimate of drug-likeness (QED) is 0.758. The second-order valence-electron chi connectivity index (χ2n) is 5.32. The Labute approximate surface area is 123 Å². The van der Waals surface area contributed by atoms with Gasteiger partial charge in [0.05, 0.1) is 5.75 Å². The third-order valence-corrected chi connectivity index (χ3v) is 5.78. The van der Waals surface area contributed by atoms with E-state index in [2.05, 4.69) is 0 Å². The summed E-state index contributed by atoms with van der Waals surface area (Å²) in [6.45, 7) is 1.60. The molecule has 112 valence electrons. The van der Waals surface area contributed by atoms with Crippen LogP contribution in [-0.2, 0) is 26.0 Å². The highest BCUT2D eigenvalue weighted by Gasteiger charge is 2.43. The Hall–Kier alpha value is -1.89. The Morgan fingerprint density at radius 1 is 1.24 bits per heavy atom. The van der Waals surface area contributed by atoms with Crippen molar-refractivity contribution in [1.29, 1.82) is 0 Å². The van der Waals surface area contributed by atoms with E-state index in [1.54, 1.807) is 12.1 Å². The molecule has 6 nitrogen and oxygen atoms in total. The number of benzene rings is 1. The molecule has 0 radical (unpaired) electrons. The molecule has 0 bridgehead atoms. The molecule has 0 aliphatic carbocycles. The van der Waals surface area contributed by atoms with Gasteiger partial charge in [0, 0.05) is 25.6 Å². The maximum absolute atomic E-state index is 12.6. The van der Waals surface area contributed by atoms with E-state index in [9.17, 15) is 18.0 Å². The maximum atomic E-state index is 12.6. The Kier molecular flexibility index (Phi) is 3.24. The van der Waals surface area contributed by atoms with E-state index in [1.807, 2.05) is 12.1 Å². The molecule has 1 aromatic rings. The van der Waals surface area contributed by atoms with Gasteiger partial charge in [0.15, 0.2) is 0 Å². The zero-order chi connectivity index (χ0) is 15.2. The van der Waals surface area contributed by atoms with Crippen LogP contribution < -0.4 is 4.90 Å². The SMILES string of the molecule is CC(=O)N1c2ccccc2C[C@H]1C(=O)N1CCCS1(=O)=O. The van der Waals surface area contributed by atoms with Crippen molar-refractivity contribution in [2.24, 2.45) is 0 Å². The summed E-state index contributed by atoms with van der Waals surface area (Å²) in [4.78, 5) is 25.9. The summed E-state index contributed by atoms with van der Waals surface area (Å²) in [5.74, 6) is -0.757. The third-order valence-electron chi connectivity index (χ3n) is 3.95. The van der Waals surface area contributed by atoms with Crippen molar-refractivity contribution < 1.29 is 18.0 Å². The average Bonchev–Trinajstić information content (AvgIpc) is 2.97. The molecule has 21 heavy (non-hydrogen) atoms. The molecule has 0 spiro atoms. The Balaban J connectivity index is 1.96. The minimum atomic E-state index is -3.51. The van der Waals surface area contributed by atoms with E-state index < -0.39 is 22.0 Å². The van der Waals surface area contributed by atoms with Crippen molar-refractivity contribution in [1.82, 2.24) is 4.31 Å². The van der Waals surface area contributed by atoms with Crippen LogP contribution in [0.2, 0.25) is 0 Å². The lowest BCUT2D eigenvalue weighted by Crippen LogP contribution is -2.49. The van der Waals surface area contributed by atoms with E-state index in [-0.39, 0.29) is 18.2 Å². The van der Waals surface area contributed by atoms with E-state index in [4.69, 9.17) is 0 Å². The standard InChI is InChI=1S/C14H16N2O4S/c1-10(17)16-12-6-3-2-5-11(12)9-13(16)14(18)15-7-4-8-21(15,19)20/h2-3,5-6,13H,4,7-9H2,1H3/t13-/m0/s1. The molecule has 0 aromatic heterocycles. The van der Waals surface area contributed by atoms with Crippen LogP contribution in [0.15, 0.2) is 24.3 Å². The first-order valence-corrected chi connectivity index (χ1v) is 8.45. The summed E-state index contributed by atoms with van der Waals surface area (Å²) in [6.07, 6.45) is 0.814. The number of anilines is 1. The van der Waals surface area contributed by atoms with Gasteiger partial charge in [0.1, 0.15) is 6.04 Å². The fourth-order valence-corrected chi connectivity index (χ4v) is 4.54. The largest absolute Gasteiger partial charge is 0.300 e. The Morgan fingerprint density at radius 3 is 2.57 bits per heavy atom. The number of sulfonamides is 1. The number of hydrogen-bond acceptors (Lipinski definition) is 4. The van der Waals surface area contributed by atoms with Gasteiger partial charge in [-0.1, -0.05) is 18.2 Å². The zero-order valence-corrected chi connectivity index (χ0v) is 12.5. The highest BCUT2D eigenvalue weighted by molar-refractivity contribution is 7.89. The molecule has 1 fully saturated rings. The molecule has 1 aromatic carbocycles. The molecule has 2 aliphatic heterocycles. The van der Waals surface area contributed by atoms with E-state index >= 15 is 0 Å². The number of para-hydroxylation sites is 1. The first-order chi connectivity index (χ1) is 9.92. The molecule has 1 saturated heterocycles. The number of carbonyl (C=O) groups is 2. The lowest BCUT2D eigenvalue weighted by Gasteiger charge is -2.26. The first-order valence-electron chi connectivity index (χ1n) is 6.84. The monoisotopic (exact) mass is 308 g/mol. The molecule has 3 rings (SSSR count). The molecule has 0 N–H and O–H groups in total. The highest BCUT2D eigenvalue weighted by atomic mass is 32.2. The summed E-state index contributed by atoms with van der Waals surface area (Å²) in [5.41, 5.74) is 1.59. The third kappa shape index (κ3) is 2.21. The van der Waals surface area contributed by atoms with Gasteiger partial charge in [-0.3, -0.25) is 14.5 Å². The van der Waals surface area contributed by atoms with E-state index in [0.29, 0.717) is 18.5 Å². The first kappa shape index (κ1) is 14.1. The summed E-state index contributed by atoms with van der Waals surface area (Å²) in [7, 11) is -3.51. The number of fused-ring (bicyclic) bond motifs is 1. The lowest BCUT2D eigenvalue weighted by atomic mass is 10.1. The molecular weight excluding hydrogens is 292 g/mol. The molecule has 0 unspecified atom stereocenters. The summed E-state index contributed by atoms with van der Waals surface area (Å²) < 4.78 is 24.8. The van der Waals surface area contributed by atoms with Crippen molar-refractivity contribution in [3.05, 3.63) is 29.8 Å². The average molecular weight is 308 g/mol. The molecular formula is C14H16N2O4S. The van der Waals surface area contributed by atoms with Crippen LogP contribution in [0, 0.1) is 0 Å². The maximum Gasteiger partial charge on any atom is 0.259 e. The number of carbonyl (C=O) groups excluding carboxylic acids is 2. The summed E-state index contributed by atoms with van der Waals surface area (Å²) in [5, 5.41) is 0. The Morgan fingerprint density at radius 2 is 1.95 bits per heavy atom. The minimum Gasteiger partial charge on any atom is -0.300 e. The highest BCUT2D eigenvalue weighted by Crippen LogP contribution is 2.33. The molecule has 2 heterocycles. The van der Waals surface area contributed by atoms with Crippen LogP contribution in [0.3, 0.4) is 0 Å². The van der Waals surface area contributed by atoms with Gasteiger partial charge in [0.2, 0.25) is 15.9 Å². The van der Waals surface area contributed by atoms with Crippen molar-refractivity contribution in [3.63, 3.8) is 0 Å². The van der Waals surface area contributed by atoms with Gasteiger partial charge in [-0.15, -0.1) is 0 Å². The van der Waals surface area contributed by atoms with Gasteiger partial charge in [-0.25, -0.2) is 12.7 Å². The predicted octanol–water partition coefficient (Wildman–Crippen LogP) is 0.526. The number of amides is 2. The van der Waals surface area contributed by atoms with Crippen molar-refractivity contribution in [3.8, 4) is 0 Å². The van der Waals surface area contributed by atoms with Crippen LogP contribution >= 0.6 is 0 Å². The second kappa shape index (κ2) is 4.84. The van der Waals surface area contributed by atoms with E-state index in [0.717, 1.165) is 9.87 Å². The second-order valence-corrected chi connectivity index (χ2v) is 7.33. The topological polar surface area (TPSA) is 74.8 Å². The Bertz CT molecular complexity index is 713. The van der Waals surface area contributed by atoms with Crippen molar-refractivity contribution in [2.75, 3.05) is 17.2 Å². The fraction of sp³-hybridized carbons (Fsp3) is 0.429. The molecule has 7 heteroatoms. The van der Waals surface area contributed by atoms with Crippen molar-refractivity contribution >= 4 is 27.5 Å². The molecule has 1 atom stereocenters. The van der Waals surface area contributed by atoms with Crippen LogP contribution in [0.4, 0.5) is 5.69 Å². The lowest BCUT2D eigenvalue weighted by molar-refractivity contribution is -0.129. The normalized spacial score (nSPS) is 23.2. The van der Waals surface area contributed by atoms with Gasteiger partial charge >= 0.3 is 0 Å². The zero-order valence-electron chi connectivity index (χ0n) is 11.7. The predicted molar refractivity (Wildman–Crippen MR) is 77.2 cm³/mol. The molecule has 2 aliphatic rings. The van der Waals surface area contributed by atoms with Gasteiger partial charge in [-0.05, 0) is 18.1 Å². The number of nitrogens with zero attached hydrogens (tertiary/aromatic N) is 2. The summed E-state index contributed by atoms with van der Waals surface area (Å²) >= 11 is 0. The van der Waals surface area contributed by atoms with Crippen LogP contribution in [0.25, 0.3) is 0 Å². The van der Waals surface area contributed by atoms with Crippen LogP contribution in [0.1, 0.15) is 18.9 Å². The van der Waals surface area contributed by atoms with Gasteiger partial charge in [-0.2, -0.15) is 0 Å². The van der Waals surface area contributed by atoms with E-state index in [1.165, 1.54) is 11.8 Å². The van der Waals surface area contributed by atoms with Crippen molar-refractivity contribution in [2.45, 2.75) is 25.8 Å². The van der Waals surface area contributed by atoms with Gasteiger partial charge in [0.25, 0.3) is 5.91 Å². The number of rotatable bonds is 1. The smallest absolute Gasteiger partial charge is 0.259 e. The minimum absolute atomic E-state index is 0.00151. The molecule has 2 amide bonds. The van der Waals surface area contributed by atoms with Crippen LogP contribution in [-0.4, -0.2) is 42.9 Å². The summed E-state index contributed by atoms with van der Waals surface area (Å²) in [6, 6.07) is 6.53. The fourth-order valence-electron chi connectivity index (χ4n) is 3.03. The van der Waals surface area contributed by atoms with Gasteiger partial charge < -0.3 is 0 Å². The van der Waals surface area contributed by atoms with Crippen LogP contribution in [0.5, 0.6) is 0 Å². The molecule has 0 saturated carbocycles.